The van der Waals surface area contributed by atoms with Crippen LogP contribution in [0.2, 0.25) is 0 Å². The summed E-state index contributed by atoms with van der Waals surface area (Å²) in [6, 6.07) is 18.3. The van der Waals surface area contributed by atoms with Gasteiger partial charge in [0, 0.05) is 4.75 Å². The quantitative estimate of drug-likeness (QED) is 0.214. The highest BCUT2D eigenvalue weighted by molar-refractivity contribution is 8.02. The van der Waals surface area contributed by atoms with Gasteiger partial charge in [-0.1, -0.05) is 60.7 Å². The van der Waals surface area contributed by atoms with Gasteiger partial charge >= 0.3 is 18.0 Å². The van der Waals surface area contributed by atoms with Crippen LogP contribution in [-0.4, -0.2) is 53.6 Å². The molecule has 0 radical (unpaired) electrons. The monoisotopic (exact) mass is 531 g/mol. The molecular formula is C25H29N3O6S2. The molecule has 0 aromatic heterocycles. The summed E-state index contributed by atoms with van der Waals surface area (Å²) in [6.07, 6.45) is -1.28. The van der Waals surface area contributed by atoms with Gasteiger partial charge < -0.3 is 14.2 Å². The average Bonchev–Trinajstić information content (AvgIpc) is 3.20. The van der Waals surface area contributed by atoms with Crippen molar-refractivity contribution in [3.8, 4) is 0 Å². The summed E-state index contributed by atoms with van der Waals surface area (Å²) in [6.45, 7) is 5.64. The molecule has 0 spiro atoms. The topological polar surface area (TPSA) is 115 Å². The van der Waals surface area contributed by atoms with E-state index in [9.17, 15) is 14.4 Å². The summed E-state index contributed by atoms with van der Waals surface area (Å²) >= 11 is 1.99. The molecular weight excluding hydrogens is 502 g/mol. The molecule has 3 rings (SSSR count). The van der Waals surface area contributed by atoms with E-state index < -0.39 is 40.3 Å². The maximum atomic E-state index is 13.5. The van der Waals surface area contributed by atoms with Crippen molar-refractivity contribution >= 4 is 47.6 Å². The zero-order chi connectivity index (χ0) is 26.1. The second-order valence-corrected chi connectivity index (χ2v) is 10.5. The number of hydrogen-bond acceptors (Lipinski definition) is 10. The number of esters is 2. The molecule has 1 amide bonds. The lowest BCUT2D eigenvalue weighted by Crippen LogP contribution is -2.48. The highest BCUT2D eigenvalue weighted by Crippen LogP contribution is 2.40. The van der Waals surface area contributed by atoms with Crippen LogP contribution in [0.1, 0.15) is 38.0 Å². The first-order valence-electron chi connectivity index (χ1n) is 11.3. The molecule has 1 aliphatic heterocycles. The number of ether oxygens (including phenoxy) is 3. The van der Waals surface area contributed by atoms with Gasteiger partial charge in [-0.2, -0.15) is 4.40 Å². The van der Waals surface area contributed by atoms with Crippen molar-refractivity contribution in [2.75, 3.05) is 13.7 Å². The molecule has 1 fully saturated rings. The number of benzene rings is 2. The van der Waals surface area contributed by atoms with Crippen molar-refractivity contribution in [3.05, 3.63) is 71.8 Å². The number of rotatable bonds is 9. The first-order chi connectivity index (χ1) is 17.3. The molecule has 1 saturated heterocycles. The summed E-state index contributed by atoms with van der Waals surface area (Å²) in [5.41, 5.74) is 1.70. The van der Waals surface area contributed by atoms with Gasteiger partial charge in [-0.15, -0.1) is 11.8 Å². The van der Waals surface area contributed by atoms with E-state index in [0.29, 0.717) is 12.1 Å². The summed E-state index contributed by atoms with van der Waals surface area (Å²) < 4.78 is 21.6. The van der Waals surface area contributed by atoms with Crippen LogP contribution in [0.5, 0.6) is 0 Å². The largest absolute Gasteiger partial charge is 0.464 e. The highest BCUT2D eigenvalue weighted by Gasteiger charge is 2.49. The maximum Gasteiger partial charge on any atom is 0.418 e. The first-order valence-corrected chi connectivity index (χ1v) is 12.9. The molecule has 0 unspecified atom stereocenters. The molecule has 0 saturated carbocycles. The van der Waals surface area contributed by atoms with Gasteiger partial charge in [0.25, 0.3) is 0 Å². The van der Waals surface area contributed by atoms with Crippen LogP contribution in [0.15, 0.2) is 65.1 Å². The smallest absolute Gasteiger partial charge is 0.418 e. The molecule has 192 valence electrons. The zero-order valence-corrected chi connectivity index (χ0v) is 22.1. The number of carbonyl (C=O) groups excluding carboxylic acids is 3. The summed E-state index contributed by atoms with van der Waals surface area (Å²) in [5, 5.41) is 2.49. The third-order valence-corrected chi connectivity index (χ3v) is 7.28. The molecule has 1 heterocycles. The molecule has 11 heteroatoms. The fourth-order valence-corrected chi connectivity index (χ4v) is 5.48. The number of hydrogen-bond donors (Lipinski definition) is 2. The number of nitrogens with one attached hydrogen (secondary N) is 2. The van der Waals surface area contributed by atoms with Crippen LogP contribution in [-0.2, 0) is 23.8 Å². The van der Waals surface area contributed by atoms with E-state index in [4.69, 9.17) is 14.2 Å². The molecule has 0 bridgehead atoms. The Bertz CT molecular complexity index is 1040. The van der Waals surface area contributed by atoms with Crippen molar-refractivity contribution in [2.24, 2.45) is 4.40 Å². The van der Waals surface area contributed by atoms with Crippen LogP contribution in [0.4, 0.5) is 4.79 Å². The van der Waals surface area contributed by atoms with E-state index in [-0.39, 0.29) is 12.3 Å². The Morgan fingerprint density at radius 2 is 1.67 bits per heavy atom. The number of amides is 1. The van der Waals surface area contributed by atoms with Gasteiger partial charge in [0.05, 0.1) is 25.9 Å². The molecule has 2 N–H and O–H groups in total. The number of methoxy groups -OCH3 is 1. The van der Waals surface area contributed by atoms with Gasteiger partial charge in [0.1, 0.15) is 11.4 Å². The van der Waals surface area contributed by atoms with Gasteiger partial charge in [-0.3, -0.25) is 10.1 Å². The van der Waals surface area contributed by atoms with Crippen molar-refractivity contribution < 1.29 is 28.6 Å². The van der Waals surface area contributed by atoms with E-state index in [2.05, 4.69) is 14.4 Å². The lowest BCUT2D eigenvalue weighted by Gasteiger charge is -2.26. The van der Waals surface area contributed by atoms with Crippen molar-refractivity contribution in [2.45, 2.75) is 43.0 Å². The normalized spacial score (nSPS) is 19.0. The minimum absolute atomic E-state index is 0.00958. The van der Waals surface area contributed by atoms with Crippen LogP contribution in [0, 0.1) is 0 Å². The second kappa shape index (κ2) is 12.8. The lowest BCUT2D eigenvalue weighted by atomic mass is 10.00. The van der Waals surface area contributed by atoms with Crippen molar-refractivity contribution in [3.63, 3.8) is 0 Å². The molecule has 1 aliphatic rings. The fourth-order valence-electron chi connectivity index (χ4n) is 3.58. The maximum absolute atomic E-state index is 13.5. The van der Waals surface area contributed by atoms with E-state index >= 15 is 0 Å². The van der Waals surface area contributed by atoms with Crippen LogP contribution in [0.25, 0.3) is 0 Å². The molecule has 2 atom stereocenters. The molecule has 0 aliphatic carbocycles. The fraction of sp³-hybridized carbons (Fsp3) is 0.360. The van der Waals surface area contributed by atoms with Gasteiger partial charge in [0.2, 0.25) is 0 Å². The van der Waals surface area contributed by atoms with Gasteiger partial charge in [-0.05, 0) is 31.9 Å². The second-order valence-electron chi connectivity index (χ2n) is 8.22. The van der Waals surface area contributed by atoms with E-state index in [1.807, 2.05) is 74.5 Å². The predicted octanol–water partition coefficient (Wildman–Crippen LogP) is 4.05. The Balaban J connectivity index is 1.79. The molecule has 2 aromatic carbocycles. The third-order valence-electron chi connectivity index (χ3n) is 5.30. The Kier molecular flexibility index (Phi) is 9.80. The van der Waals surface area contributed by atoms with Crippen LogP contribution < -0.4 is 10.0 Å². The minimum atomic E-state index is -0.750. The highest BCUT2D eigenvalue weighted by atomic mass is 32.2. The average molecular weight is 532 g/mol. The SMILES string of the molecule is CCOC(=O)NS/N=C(\C(=O)OC)[C@@H]1N[C@@H](C(=O)OC(c2ccccc2)c2ccccc2)C(C)(C)S1. The lowest BCUT2D eigenvalue weighted by molar-refractivity contribution is -0.150. The van der Waals surface area contributed by atoms with Crippen molar-refractivity contribution in [1.29, 1.82) is 0 Å². The van der Waals surface area contributed by atoms with Crippen molar-refractivity contribution in [1.82, 2.24) is 10.0 Å². The predicted molar refractivity (Wildman–Crippen MR) is 140 cm³/mol. The van der Waals surface area contributed by atoms with Gasteiger partial charge in [-0.25, -0.2) is 14.3 Å². The minimum Gasteiger partial charge on any atom is -0.464 e. The first kappa shape index (κ1) is 27.6. The van der Waals surface area contributed by atoms with Gasteiger partial charge in [0.15, 0.2) is 11.8 Å². The summed E-state index contributed by atoms with van der Waals surface area (Å²) in [7, 11) is 1.24. The number of carbonyl (C=O) groups is 3. The van der Waals surface area contributed by atoms with Crippen LogP contribution in [0.3, 0.4) is 0 Å². The third kappa shape index (κ3) is 7.02. The molecule has 36 heavy (non-hydrogen) atoms. The summed E-state index contributed by atoms with van der Waals surface area (Å²) in [5.74, 6) is -1.15. The van der Waals surface area contributed by atoms with Crippen LogP contribution >= 0.6 is 23.9 Å². The number of nitrogens with zero attached hydrogens (tertiary/aromatic N) is 1. The number of thioether (sulfide) groups is 1. The molecule has 2 aromatic rings. The Hall–Kier alpha value is -3.02. The molecule has 9 nitrogen and oxygen atoms in total. The Morgan fingerprint density at radius 3 is 2.19 bits per heavy atom. The van der Waals surface area contributed by atoms with E-state index in [1.165, 1.54) is 18.9 Å². The van der Waals surface area contributed by atoms with E-state index in [0.717, 1.165) is 11.1 Å². The standard InChI is InChI=1S/C25H29N3O6S2/c1-5-33-24(31)28-36-27-18(22(29)32-4)21-26-20(25(2,3)35-21)23(30)34-19(16-12-8-6-9-13-16)17-14-10-7-11-15-17/h6-15,19-21,26H,5H2,1-4H3,(H,28,31)/b27-18-/t20-,21+/m0/s1. The van der Waals surface area contributed by atoms with E-state index in [1.54, 1.807) is 6.92 Å². The zero-order valence-electron chi connectivity index (χ0n) is 20.4. The Morgan fingerprint density at radius 1 is 1.08 bits per heavy atom. The summed E-state index contributed by atoms with van der Waals surface area (Å²) in [4.78, 5) is 37.5. The Labute approximate surface area is 219 Å².